The molecule has 0 saturated heterocycles. The second-order valence-corrected chi connectivity index (χ2v) is 5.74. The quantitative estimate of drug-likeness (QED) is 0.262. The molecule has 0 rings (SSSR count). The van der Waals surface area contributed by atoms with Crippen LogP contribution in [0.4, 0.5) is 0 Å². The van der Waals surface area contributed by atoms with Crippen molar-refractivity contribution in [3.05, 3.63) is 31.4 Å². The van der Waals surface area contributed by atoms with Crippen molar-refractivity contribution in [3.8, 4) is 0 Å². The predicted octanol–water partition coefficient (Wildman–Crippen LogP) is 5.21. The van der Waals surface area contributed by atoms with E-state index in [-0.39, 0.29) is 131 Å². The van der Waals surface area contributed by atoms with E-state index < -0.39 is 0 Å². The minimum absolute atomic E-state index is 0. The van der Waals surface area contributed by atoms with Crippen molar-refractivity contribution >= 4 is 0 Å². The summed E-state index contributed by atoms with van der Waals surface area (Å²) in [7, 11) is 0. The van der Waals surface area contributed by atoms with Crippen LogP contribution in [-0.2, 0) is 131 Å². The second-order valence-electron chi connectivity index (χ2n) is 5.74. The Morgan fingerprint density at radius 2 is 1.50 bits per heavy atom. The normalized spacial score (nSPS) is 9.95. The van der Waals surface area contributed by atoms with Crippen molar-refractivity contribution in [1.82, 2.24) is 0 Å². The summed E-state index contributed by atoms with van der Waals surface area (Å²) < 4.78 is 0. The molecule has 0 heterocycles. The number of unbranched alkanes of at least 4 members (excludes halogenated alkanes) is 1. The van der Waals surface area contributed by atoms with Crippen molar-refractivity contribution in [2.45, 2.75) is 60.3 Å². The summed E-state index contributed by atoms with van der Waals surface area (Å²) in [4.78, 5) is 0. The van der Waals surface area contributed by atoms with Gasteiger partial charge in [0, 0.05) is 131 Å². The summed E-state index contributed by atoms with van der Waals surface area (Å²) in [6.45, 7) is 15.1. The zero-order valence-electron chi connectivity index (χ0n) is 14.1. The first-order valence-corrected chi connectivity index (χ1v) is 6.34. The van der Waals surface area contributed by atoms with Crippen LogP contribution < -0.4 is 0 Å². The third-order valence-electron chi connectivity index (χ3n) is 3.51. The molecule has 4 heteroatoms. The number of allylic oxidation sites excluding steroid dienone is 1. The average molecular weight is 576 g/mol. The third kappa shape index (κ3) is 20.2. The summed E-state index contributed by atoms with van der Waals surface area (Å²) in [5.74, 6) is 2.28. The van der Waals surface area contributed by atoms with Gasteiger partial charge in [0.25, 0.3) is 0 Å². The molecule has 0 nitrogen and oxygen atoms in total. The molecule has 0 N–H and O–H groups in total. The second kappa shape index (κ2) is 21.2. The minimum Gasteiger partial charge on any atom is -0.534 e. The fourth-order valence-corrected chi connectivity index (χ4v) is 1.43. The molecule has 0 aliphatic heterocycles. The molecule has 0 aliphatic rings. The summed E-state index contributed by atoms with van der Waals surface area (Å²) in [6.07, 6.45) is 11.9. The van der Waals surface area contributed by atoms with E-state index in [1.165, 1.54) is 12.3 Å². The van der Waals surface area contributed by atoms with Crippen LogP contribution in [0.1, 0.15) is 60.3 Å². The maximum atomic E-state index is 3.60. The zero-order chi connectivity index (χ0) is 12.6. The van der Waals surface area contributed by atoms with Gasteiger partial charge in [-0.1, -0.05) is 33.1 Å². The largest absolute Gasteiger partial charge is 0.534 e. The molecule has 0 bridgehead atoms. The van der Waals surface area contributed by atoms with Crippen molar-refractivity contribution < 1.29 is 131 Å². The first-order chi connectivity index (χ1) is 7.40. The van der Waals surface area contributed by atoms with Gasteiger partial charge in [-0.15, -0.1) is 0 Å². The van der Waals surface area contributed by atoms with E-state index in [1.54, 1.807) is 0 Å². The van der Waals surface area contributed by atoms with Gasteiger partial charge in [0.05, 0.1) is 0 Å². The Morgan fingerprint density at radius 3 is 1.90 bits per heavy atom. The van der Waals surface area contributed by atoms with Gasteiger partial charge in [0.15, 0.2) is 0 Å². The molecule has 20 heavy (non-hydrogen) atoms. The van der Waals surface area contributed by atoms with Crippen LogP contribution >= 0.6 is 0 Å². The van der Waals surface area contributed by atoms with Crippen LogP contribution in [0.25, 0.3) is 0 Å². The van der Waals surface area contributed by atoms with Crippen LogP contribution in [0.3, 0.4) is 0 Å². The van der Waals surface area contributed by atoms with E-state index in [2.05, 4.69) is 60.1 Å². The van der Waals surface area contributed by atoms with E-state index >= 15 is 0 Å². The van der Waals surface area contributed by atoms with Gasteiger partial charge < -0.3 is 44.1 Å². The summed E-state index contributed by atoms with van der Waals surface area (Å²) >= 11 is 0. The molecule has 108 valence electrons. The molecule has 0 spiro atoms. The Hall–Kier alpha value is 4.16. The van der Waals surface area contributed by atoms with Gasteiger partial charge in [-0.25, -0.2) is 0 Å². The molecule has 0 amide bonds. The zero-order valence-corrected chi connectivity index (χ0v) is 25.4. The van der Waals surface area contributed by atoms with Gasteiger partial charge in [-0.3, -0.25) is 6.58 Å². The van der Waals surface area contributed by atoms with Crippen LogP contribution in [0, 0.1) is 36.2 Å². The first kappa shape index (κ1) is 35.3. The number of hydrogen-bond donors (Lipinski definition) is 0. The van der Waals surface area contributed by atoms with Crippen molar-refractivity contribution in [2.24, 2.45) is 11.3 Å². The van der Waals surface area contributed by atoms with Gasteiger partial charge >= 0.3 is 0 Å². The molecule has 0 unspecified atom stereocenters. The predicted molar refractivity (Wildman–Crippen MR) is 73.5 cm³/mol. The maximum absolute atomic E-state index is 3.60. The van der Waals surface area contributed by atoms with Crippen molar-refractivity contribution in [1.29, 1.82) is 0 Å². The number of rotatable bonds is 9. The topological polar surface area (TPSA) is 0 Å². The van der Waals surface area contributed by atoms with Gasteiger partial charge in [0.2, 0.25) is 0 Å². The molecule has 4 radical (unpaired) electrons. The van der Waals surface area contributed by atoms with E-state index in [9.17, 15) is 0 Å². The standard InChI is InChI=1S/C16H28.4Y/c1-7-8-9-11-15(4)12-10-13-16(5,6)14(2)3;;;;/h9-10,14H,1,8,11-13H2,2-6H3;;;;/q-4;;;;. The molecule has 0 aromatic rings. The van der Waals surface area contributed by atoms with E-state index in [1.807, 2.05) is 0 Å². The molecule has 0 fully saturated rings. The molecule has 0 saturated carbocycles. The SMILES string of the molecule is C=[C-]C[CH-]C[C-](C)C[CH-]CC(C)(C)C(C)C.[Y].[Y].[Y].[Y]. The molecule has 0 aromatic heterocycles. The smallest absolute Gasteiger partial charge is 0 e. The van der Waals surface area contributed by atoms with Gasteiger partial charge in [0.1, 0.15) is 0 Å². The van der Waals surface area contributed by atoms with Gasteiger partial charge in [-0.05, 0) is 5.92 Å². The fourth-order valence-electron chi connectivity index (χ4n) is 1.43. The van der Waals surface area contributed by atoms with Crippen molar-refractivity contribution in [3.63, 3.8) is 0 Å². The Bertz CT molecular complexity index is 191. The van der Waals surface area contributed by atoms with Crippen molar-refractivity contribution in [2.75, 3.05) is 0 Å². The molecular weight excluding hydrogens is 548 g/mol. The van der Waals surface area contributed by atoms with Crippen LogP contribution in [0.5, 0.6) is 0 Å². The Labute approximate surface area is 229 Å². The van der Waals surface area contributed by atoms with E-state index in [4.69, 9.17) is 0 Å². The minimum atomic E-state index is 0. The summed E-state index contributed by atoms with van der Waals surface area (Å²) in [6, 6.07) is 0. The Morgan fingerprint density at radius 1 is 1.05 bits per heavy atom. The molecule has 0 atom stereocenters. The maximum Gasteiger partial charge on any atom is 0 e. The first-order valence-electron chi connectivity index (χ1n) is 6.34. The Kier molecular flexibility index (Phi) is 37.4. The molecule has 0 aliphatic carbocycles. The molecule has 0 aromatic carbocycles. The van der Waals surface area contributed by atoms with E-state index in [0.29, 0.717) is 5.41 Å². The Balaban J connectivity index is -0.000000187. The van der Waals surface area contributed by atoms with E-state index in [0.717, 1.165) is 25.2 Å². The average Bonchev–Trinajstić information content (AvgIpc) is 2.17. The third-order valence-corrected chi connectivity index (χ3v) is 3.51. The monoisotopic (exact) mass is 576 g/mol. The van der Waals surface area contributed by atoms with Crippen LogP contribution in [0.2, 0.25) is 0 Å². The van der Waals surface area contributed by atoms with Crippen LogP contribution in [-0.4, -0.2) is 0 Å². The van der Waals surface area contributed by atoms with Crippen LogP contribution in [0.15, 0.2) is 6.58 Å². The molecular formula is C16H28Y4-4. The summed E-state index contributed by atoms with van der Waals surface area (Å²) in [5, 5.41) is 0. The fraction of sp³-hybridized carbons (Fsp3) is 0.688. The van der Waals surface area contributed by atoms with Gasteiger partial charge in [-0.2, -0.15) is 13.3 Å². The summed E-state index contributed by atoms with van der Waals surface area (Å²) in [5.41, 5.74) is 0.429. The number of hydrogen-bond acceptors (Lipinski definition) is 0.